The third-order valence-electron chi connectivity index (χ3n) is 4.36. The Hall–Kier alpha value is -2.93. The highest BCUT2D eigenvalue weighted by atomic mass is 19.3. The summed E-state index contributed by atoms with van der Waals surface area (Å²) < 4.78 is 39.5. The van der Waals surface area contributed by atoms with Crippen LogP contribution in [0.25, 0.3) is 6.08 Å². The predicted molar refractivity (Wildman–Crippen MR) is 102 cm³/mol. The molecule has 0 aliphatic carbocycles. The maximum Gasteiger partial charge on any atom is 0.387 e. The number of rotatable bonds is 7. The molecule has 0 unspecified atom stereocenters. The van der Waals surface area contributed by atoms with Crippen molar-refractivity contribution in [1.29, 1.82) is 0 Å². The van der Waals surface area contributed by atoms with Gasteiger partial charge >= 0.3 is 6.61 Å². The lowest BCUT2D eigenvalue weighted by atomic mass is 10.1. The molecule has 28 heavy (non-hydrogen) atoms. The molecule has 0 aromatic heterocycles. The van der Waals surface area contributed by atoms with Crippen molar-refractivity contribution in [3.8, 4) is 11.5 Å². The van der Waals surface area contributed by atoms with Gasteiger partial charge in [0.15, 0.2) is 17.3 Å². The van der Waals surface area contributed by atoms with Crippen LogP contribution in [0.2, 0.25) is 0 Å². The molecule has 0 amide bonds. The van der Waals surface area contributed by atoms with E-state index in [-0.39, 0.29) is 17.3 Å². The Labute approximate surface area is 162 Å². The van der Waals surface area contributed by atoms with Crippen LogP contribution in [0.15, 0.2) is 48.5 Å². The fourth-order valence-corrected chi connectivity index (χ4v) is 2.91. The SMILES string of the molecule is COc1cc(/C=C/C(=O)c2ccc(N3CCOCC3)cc2)ccc1OC(F)F. The minimum absolute atomic E-state index is 0.0559. The molecule has 1 saturated heterocycles. The highest BCUT2D eigenvalue weighted by Crippen LogP contribution is 2.30. The molecule has 1 aliphatic rings. The van der Waals surface area contributed by atoms with Crippen molar-refractivity contribution >= 4 is 17.5 Å². The Balaban J connectivity index is 1.67. The minimum Gasteiger partial charge on any atom is -0.493 e. The molecule has 0 N–H and O–H groups in total. The average Bonchev–Trinajstić information content (AvgIpc) is 2.73. The van der Waals surface area contributed by atoms with E-state index < -0.39 is 6.61 Å². The summed E-state index contributed by atoms with van der Waals surface area (Å²) in [5, 5.41) is 0. The number of carbonyl (C=O) groups excluding carboxylic acids is 1. The number of morpholine rings is 1. The molecular weight excluding hydrogens is 368 g/mol. The van der Waals surface area contributed by atoms with Crippen molar-refractivity contribution < 1.29 is 27.8 Å². The molecule has 2 aromatic carbocycles. The molecule has 5 nitrogen and oxygen atoms in total. The molecule has 2 aromatic rings. The number of methoxy groups -OCH3 is 1. The maximum atomic E-state index is 12.4. The zero-order chi connectivity index (χ0) is 19.9. The van der Waals surface area contributed by atoms with Gasteiger partial charge in [-0.2, -0.15) is 8.78 Å². The Bertz CT molecular complexity index is 831. The average molecular weight is 389 g/mol. The van der Waals surface area contributed by atoms with E-state index >= 15 is 0 Å². The van der Waals surface area contributed by atoms with E-state index in [0.29, 0.717) is 24.3 Å². The van der Waals surface area contributed by atoms with E-state index in [1.54, 1.807) is 24.3 Å². The predicted octanol–water partition coefficient (Wildman–Crippen LogP) is 4.03. The lowest BCUT2D eigenvalue weighted by molar-refractivity contribution is -0.0512. The molecule has 0 spiro atoms. The fraction of sp³-hybridized carbons (Fsp3) is 0.286. The second kappa shape index (κ2) is 9.32. The maximum absolute atomic E-state index is 12.4. The first-order valence-corrected chi connectivity index (χ1v) is 8.85. The molecule has 0 atom stereocenters. The third kappa shape index (κ3) is 5.07. The first kappa shape index (κ1) is 19.8. The fourth-order valence-electron chi connectivity index (χ4n) is 2.91. The van der Waals surface area contributed by atoms with E-state index in [1.807, 2.05) is 12.1 Å². The molecule has 3 rings (SSSR count). The highest BCUT2D eigenvalue weighted by molar-refractivity contribution is 6.07. The Morgan fingerprint density at radius 3 is 2.46 bits per heavy atom. The van der Waals surface area contributed by atoms with Gasteiger partial charge in [0, 0.05) is 24.3 Å². The van der Waals surface area contributed by atoms with E-state index in [0.717, 1.165) is 18.8 Å². The number of carbonyl (C=O) groups is 1. The zero-order valence-corrected chi connectivity index (χ0v) is 15.4. The molecule has 1 fully saturated rings. The summed E-state index contributed by atoms with van der Waals surface area (Å²) in [6.07, 6.45) is 3.04. The number of benzene rings is 2. The monoisotopic (exact) mass is 389 g/mol. The molecule has 1 aliphatic heterocycles. The summed E-state index contributed by atoms with van der Waals surface area (Å²) in [6.45, 7) is 0.139. The highest BCUT2D eigenvalue weighted by Gasteiger charge is 2.12. The van der Waals surface area contributed by atoms with E-state index in [4.69, 9.17) is 9.47 Å². The van der Waals surface area contributed by atoms with E-state index in [2.05, 4.69) is 9.64 Å². The Morgan fingerprint density at radius 2 is 1.82 bits per heavy atom. The normalized spacial score (nSPS) is 14.5. The van der Waals surface area contributed by atoms with Crippen LogP contribution in [-0.2, 0) is 4.74 Å². The minimum atomic E-state index is -2.93. The van der Waals surface area contributed by atoms with Crippen LogP contribution in [0.5, 0.6) is 11.5 Å². The number of allylic oxidation sites excluding steroid dienone is 1. The summed E-state index contributed by atoms with van der Waals surface area (Å²) in [6, 6.07) is 11.9. The summed E-state index contributed by atoms with van der Waals surface area (Å²) in [4.78, 5) is 14.6. The van der Waals surface area contributed by atoms with Crippen LogP contribution >= 0.6 is 0 Å². The first-order chi connectivity index (χ1) is 13.6. The van der Waals surface area contributed by atoms with Crippen LogP contribution < -0.4 is 14.4 Å². The van der Waals surface area contributed by atoms with Crippen LogP contribution in [0.3, 0.4) is 0 Å². The lowest BCUT2D eigenvalue weighted by Gasteiger charge is -2.28. The summed E-state index contributed by atoms with van der Waals surface area (Å²) >= 11 is 0. The second-order valence-corrected chi connectivity index (χ2v) is 6.13. The van der Waals surface area contributed by atoms with Crippen LogP contribution in [0.4, 0.5) is 14.5 Å². The van der Waals surface area contributed by atoms with Crippen molar-refractivity contribution in [3.05, 3.63) is 59.7 Å². The Morgan fingerprint density at radius 1 is 1.11 bits per heavy atom. The summed E-state index contributed by atoms with van der Waals surface area (Å²) in [5.41, 5.74) is 2.26. The number of anilines is 1. The molecule has 0 saturated carbocycles. The molecular formula is C21H21F2NO4. The smallest absolute Gasteiger partial charge is 0.387 e. The number of ketones is 1. The largest absolute Gasteiger partial charge is 0.493 e. The first-order valence-electron chi connectivity index (χ1n) is 8.85. The van der Waals surface area contributed by atoms with Gasteiger partial charge in [-0.1, -0.05) is 12.1 Å². The van der Waals surface area contributed by atoms with Gasteiger partial charge in [0.2, 0.25) is 0 Å². The number of ether oxygens (including phenoxy) is 3. The van der Waals surface area contributed by atoms with Crippen molar-refractivity contribution in [3.63, 3.8) is 0 Å². The second-order valence-electron chi connectivity index (χ2n) is 6.13. The zero-order valence-electron chi connectivity index (χ0n) is 15.4. The number of hydrogen-bond acceptors (Lipinski definition) is 5. The summed E-state index contributed by atoms with van der Waals surface area (Å²) in [5.74, 6) is -0.0372. The van der Waals surface area contributed by atoms with Crippen molar-refractivity contribution in [2.75, 3.05) is 38.3 Å². The van der Waals surface area contributed by atoms with Gasteiger partial charge in [0.25, 0.3) is 0 Å². The summed E-state index contributed by atoms with van der Waals surface area (Å²) in [7, 11) is 1.36. The molecule has 0 radical (unpaired) electrons. The number of hydrogen-bond donors (Lipinski definition) is 0. The standard InChI is InChI=1S/C21H21F2NO4/c1-26-20-14-15(3-9-19(20)28-21(22)23)2-8-18(25)16-4-6-17(7-5-16)24-10-12-27-13-11-24/h2-9,14,21H,10-13H2,1H3/b8-2+. The van der Waals surface area contributed by atoms with Gasteiger partial charge in [-0.25, -0.2) is 0 Å². The van der Waals surface area contributed by atoms with Crippen LogP contribution in [0, 0.1) is 0 Å². The van der Waals surface area contributed by atoms with Gasteiger partial charge in [-0.05, 0) is 48.0 Å². The van der Waals surface area contributed by atoms with Gasteiger partial charge in [0.05, 0.1) is 20.3 Å². The van der Waals surface area contributed by atoms with Gasteiger partial charge < -0.3 is 19.1 Å². The van der Waals surface area contributed by atoms with E-state index in [9.17, 15) is 13.6 Å². The van der Waals surface area contributed by atoms with Crippen molar-refractivity contribution in [2.45, 2.75) is 6.61 Å². The van der Waals surface area contributed by atoms with E-state index in [1.165, 1.54) is 25.3 Å². The third-order valence-corrected chi connectivity index (χ3v) is 4.36. The van der Waals surface area contributed by atoms with Gasteiger partial charge in [-0.3, -0.25) is 4.79 Å². The number of alkyl halides is 2. The lowest BCUT2D eigenvalue weighted by Crippen LogP contribution is -2.36. The number of nitrogens with zero attached hydrogens (tertiary/aromatic N) is 1. The Kier molecular flexibility index (Phi) is 6.60. The number of halogens is 2. The van der Waals surface area contributed by atoms with Crippen molar-refractivity contribution in [1.82, 2.24) is 0 Å². The molecule has 148 valence electrons. The molecule has 1 heterocycles. The van der Waals surface area contributed by atoms with Crippen LogP contribution in [0.1, 0.15) is 15.9 Å². The topological polar surface area (TPSA) is 48.0 Å². The van der Waals surface area contributed by atoms with Crippen LogP contribution in [-0.4, -0.2) is 45.8 Å². The molecule has 0 bridgehead atoms. The quantitative estimate of drug-likeness (QED) is 0.529. The van der Waals surface area contributed by atoms with Gasteiger partial charge in [-0.15, -0.1) is 0 Å². The molecule has 7 heteroatoms. The van der Waals surface area contributed by atoms with Gasteiger partial charge in [0.1, 0.15) is 0 Å². The van der Waals surface area contributed by atoms with Crippen molar-refractivity contribution in [2.24, 2.45) is 0 Å².